The zero-order valence-electron chi connectivity index (χ0n) is 13.2. The number of anilines is 1. The van der Waals surface area contributed by atoms with Crippen molar-refractivity contribution in [3.63, 3.8) is 0 Å². The molecule has 1 aromatic carbocycles. The molecule has 3 rings (SSSR count). The number of benzene rings is 1. The van der Waals surface area contributed by atoms with Crippen LogP contribution < -0.4 is 15.3 Å². The topological polar surface area (TPSA) is 47.4 Å². The van der Waals surface area contributed by atoms with Crippen molar-refractivity contribution >= 4 is 5.82 Å². The Balaban J connectivity index is 1.86. The maximum atomic E-state index is 13.6. The maximum absolute atomic E-state index is 13.6. The van der Waals surface area contributed by atoms with E-state index in [0.29, 0.717) is 18.4 Å². The fraction of sp³-hybridized carbons (Fsp3) is 0.375. The Hall–Kier alpha value is -2.51. The van der Waals surface area contributed by atoms with Gasteiger partial charge in [0.25, 0.3) is 0 Å². The summed E-state index contributed by atoms with van der Waals surface area (Å²) in [5.74, 6) is -2.70. The summed E-state index contributed by atoms with van der Waals surface area (Å²) in [6, 6.07) is 3.01. The van der Waals surface area contributed by atoms with Gasteiger partial charge in [-0.25, -0.2) is 18.0 Å². The molecule has 1 aliphatic rings. The molecule has 0 aliphatic carbocycles. The molecular weight excluding hydrogens is 323 g/mol. The van der Waals surface area contributed by atoms with Gasteiger partial charge in [0.2, 0.25) is 5.88 Å². The number of aromatic nitrogens is 2. The lowest BCUT2D eigenvalue weighted by atomic mass is 10.1. The largest absolute Gasteiger partial charge is 0.472 e. The molecule has 2 heterocycles. The molecule has 1 aliphatic heterocycles. The van der Waals surface area contributed by atoms with Gasteiger partial charge in [0.05, 0.1) is 0 Å². The first kappa shape index (κ1) is 16.4. The number of fused-ring (bicyclic) bond motifs is 1. The zero-order valence-corrected chi connectivity index (χ0v) is 13.2. The standard InChI is InChI=1S/C16H16F3N3O2/c1-9-3-4-22-15(21(9)2)7-14(20-16(22)23)24-8-10-5-12(18)13(19)6-11(10)17/h5-7,9H,3-4,8H2,1-2H3/t9-/m1/s1. The van der Waals surface area contributed by atoms with E-state index in [4.69, 9.17) is 4.74 Å². The van der Waals surface area contributed by atoms with E-state index in [1.54, 1.807) is 6.07 Å². The summed E-state index contributed by atoms with van der Waals surface area (Å²) in [5, 5.41) is 0. The van der Waals surface area contributed by atoms with Crippen LogP contribution in [-0.4, -0.2) is 22.6 Å². The van der Waals surface area contributed by atoms with Crippen molar-refractivity contribution in [1.82, 2.24) is 9.55 Å². The van der Waals surface area contributed by atoms with Crippen molar-refractivity contribution in [3.8, 4) is 5.88 Å². The first-order chi connectivity index (χ1) is 11.4. The van der Waals surface area contributed by atoms with Gasteiger partial charge < -0.3 is 9.64 Å². The van der Waals surface area contributed by atoms with E-state index in [0.717, 1.165) is 12.5 Å². The molecule has 5 nitrogen and oxygen atoms in total. The van der Waals surface area contributed by atoms with Crippen LogP contribution in [0.15, 0.2) is 23.0 Å². The first-order valence-corrected chi connectivity index (χ1v) is 7.47. The molecule has 0 amide bonds. The van der Waals surface area contributed by atoms with Gasteiger partial charge in [-0.05, 0) is 19.4 Å². The monoisotopic (exact) mass is 339 g/mol. The van der Waals surface area contributed by atoms with Crippen molar-refractivity contribution in [2.45, 2.75) is 32.5 Å². The quantitative estimate of drug-likeness (QED) is 0.806. The van der Waals surface area contributed by atoms with Gasteiger partial charge in [-0.1, -0.05) is 0 Å². The Morgan fingerprint density at radius 2 is 1.92 bits per heavy atom. The van der Waals surface area contributed by atoms with Crippen molar-refractivity contribution in [2.75, 3.05) is 11.9 Å². The van der Waals surface area contributed by atoms with Crippen molar-refractivity contribution in [1.29, 1.82) is 0 Å². The van der Waals surface area contributed by atoms with Crippen molar-refractivity contribution in [3.05, 3.63) is 51.7 Å². The molecule has 0 unspecified atom stereocenters. The third-order valence-electron chi connectivity index (χ3n) is 4.22. The van der Waals surface area contributed by atoms with Crippen LogP contribution in [0.4, 0.5) is 19.0 Å². The number of halogens is 3. The second-order valence-corrected chi connectivity index (χ2v) is 5.78. The average Bonchev–Trinajstić information content (AvgIpc) is 2.53. The number of ether oxygens (including phenoxy) is 1. The molecule has 0 fully saturated rings. The Morgan fingerprint density at radius 3 is 2.67 bits per heavy atom. The van der Waals surface area contributed by atoms with Crippen LogP contribution in [0, 0.1) is 17.5 Å². The molecule has 0 spiro atoms. The minimum atomic E-state index is -1.27. The predicted octanol–water partition coefficient (Wildman–Crippen LogP) is 2.47. The SMILES string of the molecule is C[C@@H]1CCn2c(cc(OCc3cc(F)c(F)cc3F)nc2=O)N1C. The van der Waals surface area contributed by atoms with Crippen molar-refractivity contribution < 1.29 is 17.9 Å². The Labute approximate surface area is 136 Å². The second-order valence-electron chi connectivity index (χ2n) is 5.78. The molecule has 128 valence electrons. The number of nitrogens with zero attached hydrogens (tertiary/aromatic N) is 3. The number of hydrogen-bond acceptors (Lipinski definition) is 4. The van der Waals surface area contributed by atoms with Gasteiger partial charge in [0.1, 0.15) is 18.2 Å². The molecule has 0 bridgehead atoms. The molecule has 0 radical (unpaired) electrons. The van der Waals surface area contributed by atoms with Crippen LogP contribution in [0.25, 0.3) is 0 Å². The molecule has 1 aromatic heterocycles. The Bertz CT molecular complexity index is 838. The average molecular weight is 339 g/mol. The molecule has 1 atom stereocenters. The third-order valence-corrected chi connectivity index (χ3v) is 4.22. The van der Waals surface area contributed by atoms with E-state index in [-0.39, 0.29) is 24.1 Å². The van der Waals surface area contributed by atoms with Gasteiger partial charge in [-0.15, -0.1) is 0 Å². The normalized spacial score (nSPS) is 16.9. The summed E-state index contributed by atoms with van der Waals surface area (Å²) >= 11 is 0. The van der Waals surface area contributed by atoms with Crippen LogP contribution >= 0.6 is 0 Å². The predicted molar refractivity (Wildman–Crippen MR) is 81.6 cm³/mol. The molecular formula is C16H16F3N3O2. The van der Waals surface area contributed by atoms with E-state index >= 15 is 0 Å². The lowest BCUT2D eigenvalue weighted by Crippen LogP contribution is -2.41. The zero-order chi connectivity index (χ0) is 17.4. The van der Waals surface area contributed by atoms with Crippen LogP contribution in [0.5, 0.6) is 5.88 Å². The molecule has 0 saturated carbocycles. The lowest BCUT2D eigenvalue weighted by molar-refractivity contribution is 0.282. The van der Waals surface area contributed by atoms with Gasteiger partial charge in [0.15, 0.2) is 11.6 Å². The third kappa shape index (κ3) is 2.95. The van der Waals surface area contributed by atoms with Crippen LogP contribution in [-0.2, 0) is 13.2 Å². The second kappa shape index (κ2) is 6.18. The summed E-state index contributed by atoms with van der Waals surface area (Å²) in [5.41, 5.74) is -0.623. The molecule has 2 aromatic rings. The highest BCUT2D eigenvalue weighted by Gasteiger charge is 2.22. The van der Waals surface area contributed by atoms with Crippen LogP contribution in [0.1, 0.15) is 18.9 Å². The fourth-order valence-electron chi connectivity index (χ4n) is 2.61. The van der Waals surface area contributed by atoms with Crippen LogP contribution in [0.2, 0.25) is 0 Å². The maximum Gasteiger partial charge on any atom is 0.352 e. The highest BCUT2D eigenvalue weighted by atomic mass is 19.2. The molecule has 8 heteroatoms. The Kier molecular flexibility index (Phi) is 4.21. The highest BCUT2D eigenvalue weighted by Crippen LogP contribution is 2.24. The highest BCUT2D eigenvalue weighted by molar-refractivity contribution is 5.43. The van der Waals surface area contributed by atoms with E-state index in [1.807, 2.05) is 18.9 Å². The summed E-state index contributed by atoms with van der Waals surface area (Å²) in [7, 11) is 1.86. The van der Waals surface area contributed by atoms with Gasteiger partial charge in [0, 0.05) is 37.3 Å². The smallest absolute Gasteiger partial charge is 0.352 e. The fourth-order valence-corrected chi connectivity index (χ4v) is 2.61. The van der Waals surface area contributed by atoms with Crippen LogP contribution in [0.3, 0.4) is 0 Å². The molecule has 0 N–H and O–H groups in total. The van der Waals surface area contributed by atoms with Crippen molar-refractivity contribution in [2.24, 2.45) is 0 Å². The summed E-state index contributed by atoms with van der Waals surface area (Å²) in [6.07, 6.45) is 0.825. The number of hydrogen-bond donors (Lipinski definition) is 0. The minimum absolute atomic E-state index is 0.0105. The number of rotatable bonds is 3. The molecule has 24 heavy (non-hydrogen) atoms. The van der Waals surface area contributed by atoms with Gasteiger partial charge in [-0.2, -0.15) is 4.98 Å². The van der Waals surface area contributed by atoms with E-state index in [9.17, 15) is 18.0 Å². The summed E-state index contributed by atoms with van der Waals surface area (Å²) in [6.45, 7) is 2.23. The summed E-state index contributed by atoms with van der Waals surface area (Å²) in [4.78, 5) is 17.8. The molecule has 0 saturated heterocycles. The minimum Gasteiger partial charge on any atom is -0.472 e. The van der Waals surface area contributed by atoms with E-state index < -0.39 is 23.1 Å². The van der Waals surface area contributed by atoms with E-state index in [2.05, 4.69) is 4.98 Å². The van der Waals surface area contributed by atoms with Gasteiger partial charge >= 0.3 is 5.69 Å². The lowest BCUT2D eigenvalue weighted by Gasteiger charge is -2.34. The Morgan fingerprint density at radius 1 is 1.21 bits per heavy atom. The van der Waals surface area contributed by atoms with E-state index in [1.165, 1.54) is 4.57 Å². The van der Waals surface area contributed by atoms with Gasteiger partial charge in [-0.3, -0.25) is 4.57 Å². The first-order valence-electron chi connectivity index (χ1n) is 7.47. The summed E-state index contributed by atoms with van der Waals surface area (Å²) < 4.78 is 46.6.